The Hall–Kier alpha value is 0.130. The Bertz CT molecular complexity index is 515. The molecule has 0 heterocycles. The van der Waals surface area contributed by atoms with Crippen molar-refractivity contribution in [3.63, 3.8) is 0 Å². The average Bonchev–Trinajstić information content (AvgIpc) is 2.48. The van der Waals surface area contributed by atoms with Gasteiger partial charge in [-0.2, -0.15) is 8.42 Å². The molecular formula is C18H30NaO3S+. The van der Waals surface area contributed by atoms with E-state index in [4.69, 9.17) is 0 Å². The molecular weight excluding hydrogens is 319 g/mol. The Morgan fingerprint density at radius 2 is 1.30 bits per heavy atom. The molecule has 0 spiro atoms. The van der Waals surface area contributed by atoms with E-state index in [1.165, 1.54) is 57.4 Å². The monoisotopic (exact) mass is 349 g/mol. The van der Waals surface area contributed by atoms with Crippen molar-refractivity contribution >= 4 is 10.1 Å². The Labute approximate surface area is 164 Å². The number of rotatable bonds is 12. The Morgan fingerprint density at radius 3 is 1.83 bits per heavy atom. The van der Waals surface area contributed by atoms with Crippen LogP contribution in [0.5, 0.6) is 0 Å². The summed E-state index contributed by atoms with van der Waals surface area (Å²) in [6, 6.07) is 6.73. The maximum absolute atomic E-state index is 11.3. The molecule has 0 fully saturated rings. The van der Waals surface area contributed by atoms with E-state index >= 15 is 0 Å². The normalized spacial score (nSPS) is 11.2. The van der Waals surface area contributed by atoms with Crippen molar-refractivity contribution in [1.82, 2.24) is 0 Å². The van der Waals surface area contributed by atoms with E-state index in [0.717, 1.165) is 18.4 Å². The molecule has 0 aromatic heterocycles. The van der Waals surface area contributed by atoms with Gasteiger partial charge in [-0.25, -0.2) is 0 Å². The standard InChI is InChI=1S/C18H30O3S.Na/c1-2-3-4-5-6-7-8-9-10-11-14-17-15-12-13-16-18(17)22(19,20)21;/h12-13,15-16H,2-11,14H2,1H3,(H,19,20,21);/q;+1. The predicted octanol–water partition coefficient (Wildman–Crippen LogP) is 2.40. The molecule has 23 heavy (non-hydrogen) atoms. The van der Waals surface area contributed by atoms with Crippen LogP contribution in [0.4, 0.5) is 0 Å². The summed E-state index contributed by atoms with van der Waals surface area (Å²) in [6.45, 7) is 2.24. The molecule has 1 rings (SSSR count). The minimum Gasteiger partial charge on any atom is -0.282 e. The molecule has 0 radical (unpaired) electrons. The van der Waals surface area contributed by atoms with Crippen LogP contribution in [0.25, 0.3) is 0 Å². The molecule has 0 atom stereocenters. The number of aryl methyl sites for hydroxylation is 1. The predicted molar refractivity (Wildman–Crippen MR) is 91.8 cm³/mol. The Kier molecular flexibility index (Phi) is 13.5. The van der Waals surface area contributed by atoms with Gasteiger partial charge < -0.3 is 0 Å². The van der Waals surface area contributed by atoms with Crippen LogP contribution in [0.1, 0.15) is 76.7 Å². The molecule has 0 saturated carbocycles. The van der Waals surface area contributed by atoms with Crippen LogP contribution < -0.4 is 29.6 Å². The summed E-state index contributed by atoms with van der Waals surface area (Å²) < 4.78 is 31.8. The number of hydrogen-bond donors (Lipinski definition) is 1. The summed E-state index contributed by atoms with van der Waals surface area (Å²) in [7, 11) is -4.10. The van der Waals surface area contributed by atoms with E-state index in [1.54, 1.807) is 12.1 Å². The first kappa shape index (κ1) is 23.1. The SMILES string of the molecule is CCCCCCCCCCCCc1ccccc1S(=O)(=O)O.[Na+]. The minimum absolute atomic E-state index is 0. The van der Waals surface area contributed by atoms with Gasteiger partial charge in [0.05, 0.1) is 4.90 Å². The zero-order chi connectivity index (χ0) is 16.3. The summed E-state index contributed by atoms with van der Waals surface area (Å²) >= 11 is 0. The molecule has 0 aliphatic carbocycles. The molecule has 1 N–H and O–H groups in total. The molecule has 3 nitrogen and oxygen atoms in total. The summed E-state index contributed by atoms with van der Waals surface area (Å²) in [5.74, 6) is 0. The van der Waals surface area contributed by atoms with E-state index in [9.17, 15) is 13.0 Å². The number of hydrogen-bond acceptors (Lipinski definition) is 2. The first-order chi connectivity index (χ1) is 10.6. The van der Waals surface area contributed by atoms with Gasteiger partial charge in [-0.3, -0.25) is 4.55 Å². The van der Waals surface area contributed by atoms with Crippen molar-refractivity contribution in [2.24, 2.45) is 0 Å². The van der Waals surface area contributed by atoms with Crippen molar-refractivity contribution < 1.29 is 42.5 Å². The fourth-order valence-electron chi connectivity index (χ4n) is 2.76. The van der Waals surface area contributed by atoms with Gasteiger partial charge in [-0.05, 0) is 24.5 Å². The third-order valence-electron chi connectivity index (χ3n) is 4.05. The van der Waals surface area contributed by atoms with Crippen LogP contribution >= 0.6 is 0 Å². The van der Waals surface area contributed by atoms with Gasteiger partial charge in [0.25, 0.3) is 10.1 Å². The van der Waals surface area contributed by atoms with E-state index in [2.05, 4.69) is 6.92 Å². The second-order valence-electron chi connectivity index (χ2n) is 6.01. The summed E-state index contributed by atoms with van der Waals surface area (Å²) in [5, 5.41) is 0. The zero-order valence-electron chi connectivity index (χ0n) is 14.8. The molecule has 1 aromatic carbocycles. The smallest absolute Gasteiger partial charge is 0.282 e. The van der Waals surface area contributed by atoms with Crippen LogP contribution in [-0.2, 0) is 16.5 Å². The van der Waals surface area contributed by atoms with Gasteiger partial charge >= 0.3 is 29.6 Å². The zero-order valence-corrected chi connectivity index (χ0v) is 17.6. The molecule has 0 unspecified atom stereocenters. The van der Waals surface area contributed by atoms with E-state index in [-0.39, 0.29) is 34.5 Å². The number of unbranched alkanes of at least 4 members (excludes halogenated alkanes) is 9. The number of benzene rings is 1. The van der Waals surface area contributed by atoms with E-state index < -0.39 is 10.1 Å². The maximum atomic E-state index is 11.3. The molecule has 5 heteroatoms. The minimum atomic E-state index is -4.10. The Balaban J connectivity index is 0.00000484. The van der Waals surface area contributed by atoms with Gasteiger partial charge in [0.1, 0.15) is 0 Å². The largest absolute Gasteiger partial charge is 1.00 e. The van der Waals surface area contributed by atoms with Crippen LogP contribution in [0.15, 0.2) is 29.2 Å². The van der Waals surface area contributed by atoms with Crippen LogP contribution in [0, 0.1) is 0 Å². The van der Waals surface area contributed by atoms with Crippen molar-refractivity contribution in [3.8, 4) is 0 Å². The summed E-state index contributed by atoms with van der Waals surface area (Å²) in [4.78, 5) is 0.0610. The van der Waals surface area contributed by atoms with Crippen molar-refractivity contribution in [2.75, 3.05) is 0 Å². The van der Waals surface area contributed by atoms with E-state index in [0.29, 0.717) is 6.42 Å². The topological polar surface area (TPSA) is 54.4 Å². The summed E-state index contributed by atoms with van der Waals surface area (Å²) in [6.07, 6.45) is 13.3. The second kappa shape index (κ2) is 13.4. The van der Waals surface area contributed by atoms with Crippen molar-refractivity contribution in [2.45, 2.75) is 82.4 Å². The fourth-order valence-corrected chi connectivity index (χ4v) is 3.52. The van der Waals surface area contributed by atoms with Gasteiger partial charge in [0.2, 0.25) is 0 Å². The molecule has 0 bridgehead atoms. The third-order valence-corrected chi connectivity index (χ3v) is 5.00. The maximum Gasteiger partial charge on any atom is 1.00 e. The average molecular weight is 349 g/mol. The van der Waals surface area contributed by atoms with Crippen LogP contribution in [0.3, 0.4) is 0 Å². The first-order valence-electron chi connectivity index (χ1n) is 8.61. The Morgan fingerprint density at radius 1 is 0.826 bits per heavy atom. The van der Waals surface area contributed by atoms with Gasteiger partial charge in [0, 0.05) is 0 Å². The van der Waals surface area contributed by atoms with Crippen molar-refractivity contribution in [1.29, 1.82) is 0 Å². The third kappa shape index (κ3) is 10.6. The second-order valence-corrected chi connectivity index (χ2v) is 7.40. The van der Waals surface area contributed by atoms with Gasteiger partial charge in [-0.1, -0.05) is 82.9 Å². The van der Waals surface area contributed by atoms with Gasteiger partial charge in [0.15, 0.2) is 0 Å². The van der Waals surface area contributed by atoms with Crippen LogP contribution in [0.2, 0.25) is 0 Å². The fraction of sp³-hybridized carbons (Fsp3) is 0.667. The first-order valence-corrected chi connectivity index (χ1v) is 10.0. The molecule has 0 amide bonds. The molecule has 1 aromatic rings. The molecule has 0 aliphatic heterocycles. The molecule has 0 saturated heterocycles. The van der Waals surface area contributed by atoms with Crippen LogP contribution in [-0.4, -0.2) is 13.0 Å². The molecule has 0 aliphatic rings. The molecule has 126 valence electrons. The van der Waals surface area contributed by atoms with Crippen molar-refractivity contribution in [3.05, 3.63) is 29.8 Å². The summed E-state index contributed by atoms with van der Waals surface area (Å²) in [5.41, 5.74) is 0.726. The quantitative estimate of drug-likeness (QED) is 0.358. The van der Waals surface area contributed by atoms with Gasteiger partial charge in [-0.15, -0.1) is 0 Å². The van der Waals surface area contributed by atoms with E-state index in [1.807, 2.05) is 6.07 Å².